The van der Waals surface area contributed by atoms with Crippen LogP contribution in [0.25, 0.3) is 22.4 Å². The standard InChI is InChI=1S/C25H24BrN3O/c1-25(2,3)18-10-8-17(9-11-18)24-28-21-6-4-5-7-22(21)29(24)16-23(30)27-20-14-12-19(26)13-15-20/h4-15H,16H2,1-3H3,(H,27,30). The molecule has 1 amide bonds. The van der Waals surface area contributed by atoms with E-state index in [1.807, 2.05) is 53.1 Å². The first-order chi connectivity index (χ1) is 14.3. The van der Waals surface area contributed by atoms with E-state index >= 15 is 0 Å². The average molecular weight is 462 g/mol. The number of imidazole rings is 1. The van der Waals surface area contributed by atoms with Crippen molar-refractivity contribution >= 4 is 38.6 Å². The summed E-state index contributed by atoms with van der Waals surface area (Å²) >= 11 is 3.41. The van der Waals surface area contributed by atoms with E-state index in [0.717, 1.165) is 32.6 Å². The Balaban J connectivity index is 1.68. The highest BCUT2D eigenvalue weighted by atomic mass is 79.9. The molecule has 4 aromatic rings. The quantitative estimate of drug-likeness (QED) is 0.381. The van der Waals surface area contributed by atoms with Crippen LogP contribution >= 0.6 is 15.9 Å². The molecule has 0 aliphatic heterocycles. The normalized spacial score (nSPS) is 11.6. The van der Waals surface area contributed by atoms with Gasteiger partial charge in [-0.3, -0.25) is 4.79 Å². The number of carbonyl (C=O) groups is 1. The number of nitrogens with one attached hydrogen (secondary N) is 1. The second kappa shape index (κ2) is 8.07. The van der Waals surface area contributed by atoms with Gasteiger partial charge in [-0.2, -0.15) is 0 Å². The number of nitrogens with zero attached hydrogens (tertiary/aromatic N) is 2. The zero-order valence-electron chi connectivity index (χ0n) is 17.3. The molecule has 0 fully saturated rings. The van der Waals surface area contributed by atoms with Crippen molar-refractivity contribution in [2.75, 3.05) is 5.32 Å². The van der Waals surface area contributed by atoms with Crippen LogP contribution in [0.2, 0.25) is 0 Å². The molecule has 0 bridgehead atoms. The second-order valence-electron chi connectivity index (χ2n) is 8.39. The van der Waals surface area contributed by atoms with Gasteiger partial charge in [-0.15, -0.1) is 0 Å². The lowest BCUT2D eigenvalue weighted by atomic mass is 9.87. The van der Waals surface area contributed by atoms with Crippen LogP contribution in [-0.4, -0.2) is 15.5 Å². The summed E-state index contributed by atoms with van der Waals surface area (Å²) < 4.78 is 2.96. The minimum atomic E-state index is -0.0898. The monoisotopic (exact) mass is 461 g/mol. The number of para-hydroxylation sites is 2. The molecule has 4 nitrogen and oxygen atoms in total. The molecule has 0 saturated carbocycles. The lowest BCUT2D eigenvalue weighted by molar-refractivity contribution is -0.116. The number of benzene rings is 3. The molecule has 0 spiro atoms. The Bertz CT molecular complexity index is 1190. The van der Waals surface area contributed by atoms with Gasteiger partial charge in [0.05, 0.1) is 11.0 Å². The topological polar surface area (TPSA) is 46.9 Å². The smallest absolute Gasteiger partial charge is 0.244 e. The molecule has 1 N–H and O–H groups in total. The Morgan fingerprint density at radius 2 is 1.63 bits per heavy atom. The number of rotatable bonds is 4. The first-order valence-electron chi connectivity index (χ1n) is 9.93. The first-order valence-corrected chi connectivity index (χ1v) is 10.7. The zero-order chi connectivity index (χ0) is 21.3. The van der Waals surface area contributed by atoms with Gasteiger partial charge in [0.25, 0.3) is 0 Å². The van der Waals surface area contributed by atoms with Crippen molar-refractivity contribution in [3.8, 4) is 11.4 Å². The van der Waals surface area contributed by atoms with Gasteiger partial charge < -0.3 is 9.88 Å². The highest BCUT2D eigenvalue weighted by Gasteiger charge is 2.17. The van der Waals surface area contributed by atoms with Gasteiger partial charge in [-0.25, -0.2) is 4.98 Å². The number of anilines is 1. The average Bonchev–Trinajstić information content (AvgIpc) is 3.08. The summed E-state index contributed by atoms with van der Waals surface area (Å²) in [6.07, 6.45) is 0. The van der Waals surface area contributed by atoms with Gasteiger partial charge in [-0.05, 0) is 47.4 Å². The zero-order valence-corrected chi connectivity index (χ0v) is 18.9. The molecular weight excluding hydrogens is 438 g/mol. The van der Waals surface area contributed by atoms with Gasteiger partial charge in [0.2, 0.25) is 5.91 Å². The molecule has 0 aliphatic rings. The Hall–Kier alpha value is -2.92. The second-order valence-corrected chi connectivity index (χ2v) is 9.31. The molecule has 0 unspecified atom stereocenters. The van der Waals surface area contributed by atoms with E-state index < -0.39 is 0 Å². The van der Waals surface area contributed by atoms with Crippen molar-refractivity contribution in [3.63, 3.8) is 0 Å². The highest BCUT2D eigenvalue weighted by molar-refractivity contribution is 9.10. The van der Waals surface area contributed by atoms with Crippen LogP contribution in [0, 0.1) is 0 Å². The Morgan fingerprint density at radius 1 is 0.967 bits per heavy atom. The lowest BCUT2D eigenvalue weighted by Gasteiger charge is -2.19. The fourth-order valence-electron chi connectivity index (χ4n) is 3.45. The summed E-state index contributed by atoms with van der Waals surface area (Å²) in [6, 6.07) is 23.9. The number of halogens is 1. The van der Waals surface area contributed by atoms with Crippen LogP contribution in [0.3, 0.4) is 0 Å². The van der Waals surface area contributed by atoms with Gasteiger partial charge in [0, 0.05) is 15.7 Å². The molecule has 0 atom stereocenters. The van der Waals surface area contributed by atoms with Crippen molar-refractivity contribution in [3.05, 3.63) is 82.8 Å². The van der Waals surface area contributed by atoms with E-state index in [-0.39, 0.29) is 17.9 Å². The van der Waals surface area contributed by atoms with Crippen LogP contribution in [0.15, 0.2) is 77.3 Å². The van der Waals surface area contributed by atoms with Crippen molar-refractivity contribution < 1.29 is 4.79 Å². The fraction of sp³-hybridized carbons (Fsp3) is 0.200. The Morgan fingerprint density at radius 3 is 2.30 bits per heavy atom. The number of carbonyl (C=O) groups excluding carboxylic acids is 1. The van der Waals surface area contributed by atoms with E-state index in [2.05, 4.69) is 66.3 Å². The molecule has 4 rings (SSSR count). The molecule has 0 radical (unpaired) electrons. The van der Waals surface area contributed by atoms with Gasteiger partial charge in [0.15, 0.2) is 0 Å². The summed E-state index contributed by atoms with van der Waals surface area (Å²) in [5.41, 5.74) is 4.94. The summed E-state index contributed by atoms with van der Waals surface area (Å²) in [6.45, 7) is 6.78. The van der Waals surface area contributed by atoms with Crippen LogP contribution < -0.4 is 5.32 Å². The van der Waals surface area contributed by atoms with Gasteiger partial charge >= 0.3 is 0 Å². The minimum absolute atomic E-state index is 0.0865. The molecule has 1 heterocycles. The van der Waals surface area contributed by atoms with E-state index in [0.29, 0.717) is 0 Å². The van der Waals surface area contributed by atoms with E-state index in [4.69, 9.17) is 4.98 Å². The van der Waals surface area contributed by atoms with Crippen molar-refractivity contribution in [2.45, 2.75) is 32.7 Å². The van der Waals surface area contributed by atoms with Gasteiger partial charge in [0.1, 0.15) is 12.4 Å². The summed E-state index contributed by atoms with van der Waals surface area (Å²) in [7, 11) is 0. The predicted octanol–water partition coefficient (Wildman–Crippen LogP) is 6.40. The molecule has 0 saturated heterocycles. The molecule has 0 aliphatic carbocycles. The van der Waals surface area contributed by atoms with Crippen molar-refractivity contribution in [2.24, 2.45) is 0 Å². The minimum Gasteiger partial charge on any atom is -0.325 e. The third-order valence-corrected chi connectivity index (χ3v) is 5.62. The number of fused-ring (bicyclic) bond motifs is 1. The molecule has 3 aromatic carbocycles. The van der Waals surface area contributed by atoms with E-state index in [1.54, 1.807) is 0 Å². The maximum absolute atomic E-state index is 12.8. The Labute approximate surface area is 185 Å². The first kappa shape index (κ1) is 20.4. The number of hydrogen-bond acceptors (Lipinski definition) is 2. The number of amides is 1. The molecular formula is C25H24BrN3O. The Kier molecular flexibility index (Phi) is 5.48. The van der Waals surface area contributed by atoms with Crippen LogP contribution in [0.5, 0.6) is 0 Å². The number of hydrogen-bond donors (Lipinski definition) is 1. The van der Waals surface area contributed by atoms with Gasteiger partial charge in [-0.1, -0.05) is 73.1 Å². The summed E-state index contributed by atoms with van der Waals surface area (Å²) in [5.74, 6) is 0.704. The SMILES string of the molecule is CC(C)(C)c1ccc(-c2nc3ccccc3n2CC(=O)Nc2ccc(Br)cc2)cc1. The molecule has 1 aromatic heterocycles. The largest absolute Gasteiger partial charge is 0.325 e. The van der Waals surface area contributed by atoms with Crippen LogP contribution in [0.4, 0.5) is 5.69 Å². The van der Waals surface area contributed by atoms with Crippen LogP contribution in [0.1, 0.15) is 26.3 Å². The summed E-state index contributed by atoms with van der Waals surface area (Å²) in [5, 5.41) is 2.97. The highest BCUT2D eigenvalue weighted by Crippen LogP contribution is 2.28. The van der Waals surface area contributed by atoms with Crippen molar-refractivity contribution in [1.29, 1.82) is 0 Å². The van der Waals surface area contributed by atoms with Crippen molar-refractivity contribution in [1.82, 2.24) is 9.55 Å². The fourth-order valence-corrected chi connectivity index (χ4v) is 3.72. The maximum atomic E-state index is 12.8. The maximum Gasteiger partial charge on any atom is 0.244 e. The molecule has 30 heavy (non-hydrogen) atoms. The number of aromatic nitrogens is 2. The van der Waals surface area contributed by atoms with E-state index in [1.165, 1.54) is 5.56 Å². The predicted molar refractivity (Wildman–Crippen MR) is 127 cm³/mol. The summed E-state index contributed by atoms with van der Waals surface area (Å²) in [4.78, 5) is 17.6. The third-order valence-electron chi connectivity index (χ3n) is 5.09. The third kappa shape index (κ3) is 4.31. The lowest BCUT2D eigenvalue weighted by Crippen LogP contribution is -2.19. The molecule has 5 heteroatoms. The molecule has 152 valence electrons. The van der Waals surface area contributed by atoms with E-state index in [9.17, 15) is 4.79 Å². The van der Waals surface area contributed by atoms with Crippen LogP contribution in [-0.2, 0) is 16.8 Å².